The van der Waals surface area contributed by atoms with Crippen molar-refractivity contribution in [3.63, 3.8) is 0 Å². The third-order valence-electron chi connectivity index (χ3n) is 3.64. The van der Waals surface area contributed by atoms with Crippen LogP contribution in [-0.4, -0.2) is 19.6 Å². The maximum Gasteiger partial charge on any atom is 0.242 e. The van der Waals surface area contributed by atoms with Crippen LogP contribution in [0.1, 0.15) is 18.1 Å². The third-order valence-corrected chi connectivity index (χ3v) is 5.89. The maximum absolute atomic E-state index is 12.5. The molecule has 1 atom stereocenters. The second-order valence-electron chi connectivity index (χ2n) is 5.37. The summed E-state index contributed by atoms with van der Waals surface area (Å²) in [4.78, 5) is 12.2. The smallest absolute Gasteiger partial charge is 0.242 e. The quantitative estimate of drug-likeness (QED) is 0.895. The van der Waals surface area contributed by atoms with Gasteiger partial charge in [0, 0.05) is 10.7 Å². The van der Waals surface area contributed by atoms with E-state index in [4.69, 9.17) is 11.6 Å². The first-order valence-corrected chi connectivity index (χ1v) is 9.21. The van der Waals surface area contributed by atoms with Crippen LogP contribution in [-0.2, 0) is 20.4 Å². The fourth-order valence-corrected chi connectivity index (χ4v) is 3.57. The Bertz CT molecular complexity index is 801. The van der Waals surface area contributed by atoms with Crippen LogP contribution in [0.4, 0.5) is 5.69 Å². The van der Waals surface area contributed by atoms with Crippen molar-refractivity contribution in [2.24, 2.45) is 0 Å². The number of halogens is 1. The highest BCUT2D eigenvalue weighted by molar-refractivity contribution is 7.92. The number of hydrogen-bond acceptors (Lipinski definition) is 3. The van der Waals surface area contributed by atoms with Gasteiger partial charge in [-0.15, -0.1) is 0 Å². The van der Waals surface area contributed by atoms with Crippen LogP contribution in [0.5, 0.6) is 0 Å². The number of hydrogen-bond donors (Lipinski definition) is 1. The molecule has 23 heavy (non-hydrogen) atoms. The van der Waals surface area contributed by atoms with Gasteiger partial charge in [0.25, 0.3) is 0 Å². The molecular weight excluding hydrogens is 334 g/mol. The third kappa shape index (κ3) is 4.56. The number of rotatable bonds is 5. The molecule has 2 rings (SSSR count). The summed E-state index contributed by atoms with van der Waals surface area (Å²) in [7, 11) is -3.60. The molecule has 1 amide bonds. The molecular formula is C17H18ClNO3S. The van der Waals surface area contributed by atoms with Crippen molar-refractivity contribution in [3.05, 3.63) is 64.7 Å². The lowest BCUT2D eigenvalue weighted by atomic mass is 10.1. The molecule has 0 fully saturated rings. The zero-order valence-corrected chi connectivity index (χ0v) is 14.5. The molecule has 1 N–H and O–H groups in total. The van der Waals surface area contributed by atoms with Crippen molar-refractivity contribution in [3.8, 4) is 0 Å². The highest BCUT2D eigenvalue weighted by atomic mass is 35.5. The average Bonchev–Trinajstić information content (AvgIpc) is 2.51. The zero-order valence-electron chi connectivity index (χ0n) is 12.9. The minimum Gasteiger partial charge on any atom is -0.325 e. The Kier molecular flexibility index (Phi) is 5.44. The van der Waals surface area contributed by atoms with E-state index in [9.17, 15) is 13.2 Å². The van der Waals surface area contributed by atoms with Crippen LogP contribution >= 0.6 is 11.6 Å². The molecule has 0 unspecified atom stereocenters. The predicted octanol–water partition coefficient (Wildman–Crippen LogP) is 3.59. The number of aryl methyl sites for hydroxylation is 1. The van der Waals surface area contributed by atoms with Gasteiger partial charge in [-0.25, -0.2) is 8.42 Å². The first-order chi connectivity index (χ1) is 10.8. The molecule has 0 saturated carbocycles. The fraction of sp³-hybridized carbons (Fsp3) is 0.235. The average molecular weight is 352 g/mol. The van der Waals surface area contributed by atoms with Gasteiger partial charge in [0.15, 0.2) is 9.84 Å². The van der Waals surface area contributed by atoms with Crippen LogP contribution in [0.15, 0.2) is 48.5 Å². The monoisotopic (exact) mass is 351 g/mol. The number of amides is 1. The molecule has 0 aromatic heterocycles. The van der Waals surface area contributed by atoms with Crippen LogP contribution in [0.3, 0.4) is 0 Å². The molecule has 122 valence electrons. The molecule has 0 heterocycles. The molecule has 0 radical (unpaired) electrons. The fourth-order valence-electron chi connectivity index (χ4n) is 2.05. The summed E-state index contributed by atoms with van der Waals surface area (Å²) in [6.45, 7) is 3.25. The van der Waals surface area contributed by atoms with Gasteiger partial charge in [0.2, 0.25) is 5.91 Å². The largest absolute Gasteiger partial charge is 0.325 e. The molecule has 0 spiro atoms. The van der Waals surface area contributed by atoms with E-state index in [1.165, 1.54) is 6.92 Å². The Balaban J connectivity index is 2.11. The highest BCUT2D eigenvalue weighted by Gasteiger charge is 2.28. The van der Waals surface area contributed by atoms with Gasteiger partial charge < -0.3 is 5.32 Å². The van der Waals surface area contributed by atoms with Crippen LogP contribution in [0.2, 0.25) is 5.02 Å². The standard InChI is InChI=1S/C17H18ClNO3S/c1-12-5-3-4-6-14(12)11-23(21,22)13(2)17(20)19-16-9-7-15(18)8-10-16/h3-10,13H,11H2,1-2H3,(H,19,20)/t13-/m0/s1. The number of carbonyl (C=O) groups is 1. The van der Waals surface area contributed by atoms with E-state index in [-0.39, 0.29) is 5.75 Å². The Morgan fingerprint density at radius 2 is 1.74 bits per heavy atom. The summed E-state index contributed by atoms with van der Waals surface area (Å²) < 4.78 is 24.9. The highest BCUT2D eigenvalue weighted by Crippen LogP contribution is 2.18. The Morgan fingerprint density at radius 1 is 1.13 bits per heavy atom. The van der Waals surface area contributed by atoms with Crippen molar-refractivity contribution >= 4 is 33.0 Å². The summed E-state index contributed by atoms with van der Waals surface area (Å²) in [6, 6.07) is 13.8. The molecule has 0 aliphatic rings. The lowest BCUT2D eigenvalue weighted by Gasteiger charge is -2.14. The second kappa shape index (κ2) is 7.15. The van der Waals surface area contributed by atoms with Crippen LogP contribution < -0.4 is 5.32 Å². The van der Waals surface area contributed by atoms with Gasteiger partial charge in [0.1, 0.15) is 5.25 Å². The molecule has 6 heteroatoms. The first-order valence-electron chi connectivity index (χ1n) is 7.12. The predicted molar refractivity (Wildman–Crippen MR) is 93.3 cm³/mol. The second-order valence-corrected chi connectivity index (χ2v) is 8.13. The van der Waals surface area contributed by atoms with Gasteiger partial charge in [-0.05, 0) is 49.2 Å². The normalized spacial score (nSPS) is 12.7. The molecule has 4 nitrogen and oxygen atoms in total. The van der Waals surface area contributed by atoms with Crippen molar-refractivity contribution in [2.45, 2.75) is 24.9 Å². The van der Waals surface area contributed by atoms with E-state index >= 15 is 0 Å². The molecule has 0 aliphatic carbocycles. The van der Waals surface area contributed by atoms with Gasteiger partial charge in [-0.2, -0.15) is 0 Å². The Labute approximate surface area is 141 Å². The van der Waals surface area contributed by atoms with Crippen molar-refractivity contribution in [1.29, 1.82) is 0 Å². The van der Waals surface area contributed by atoms with E-state index in [0.29, 0.717) is 16.3 Å². The van der Waals surface area contributed by atoms with Crippen molar-refractivity contribution < 1.29 is 13.2 Å². The van der Waals surface area contributed by atoms with Crippen LogP contribution in [0.25, 0.3) is 0 Å². The minimum absolute atomic E-state index is 0.158. The lowest BCUT2D eigenvalue weighted by molar-refractivity contribution is -0.115. The van der Waals surface area contributed by atoms with Gasteiger partial charge in [0.05, 0.1) is 5.75 Å². The number of benzene rings is 2. The number of sulfone groups is 1. The van der Waals surface area contributed by atoms with Gasteiger partial charge in [-0.3, -0.25) is 4.79 Å². The molecule has 0 bridgehead atoms. The first kappa shape index (κ1) is 17.5. The van der Waals surface area contributed by atoms with E-state index in [2.05, 4.69) is 5.32 Å². The summed E-state index contributed by atoms with van der Waals surface area (Å²) in [6.07, 6.45) is 0. The minimum atomic E-state index is -3.60. The van der Waals surface area contributed by atoms with E-state index in [1.807, 2.05) is 19.1 Å². The summed E-state index contributed by atoms with van der Waals surface area (Å²) in [5.41, 5.74) is 2.11. The molecule has 2 aromatic carbocycles. The summed E-state index contributed by atoms with van der Waals surface area (Å²) >= 11 is 5.78. The van der Waals surface area contributed by atoms with E-state index in [1.54, 1.807) is 36.4 Å². The van der Waals surface area contributed by atoms with Crippen LogP contribution in [0, 0.1) is 6.92 Å². The van der Waals surface area contributed by atoms with Crippen molar-refractivity contribution in [1.82, 2.24) is 0 Å². The van der Waals surface area contributed by atoms with Gasteiger partial charge >= 0.3 is 0 Å². The SMILES string of the molecule is Cc1ccccc1CS(=O)(=O)[C@@H](C)C(=O)Nc1ccc(Cl)cc1. The summed E-state index contributed by atoms with van der Waals surface area (Å²) in [5.74, 6) is -0.713. The number of carbonyl (C=O) groups excluding carboxylic acids is 1. The summed E-state index contributed by atoms with van der Waals surface area (Å²) in [5, 5.41) is 2.00. The van der Waals surface area contributed by atoms with Crippen molar-refractivity contribution in [2.75, 3.05) is 5.32 Å². The maximum atomic E-state index is 12.5. The van der Waals surface area contributed by atoms with Gasteiger partial charge in [-0.1, -0.05) is 35.9 Å². The molecule has 0 aliphatic heterocycles. The Hall–Kier alpha value is -1.85. The zero-order chi connectivity index (χ0) is 17.0. The van der Waals surface area contributed by atoms with E-state index in [0.717, 1.165) is 5.56 Å². The Morgan fingerprint density at radius 3 is 2.35 bits per heavy atom. The lowest BCUT2D eigenvalue weighted by Crippen LogP contribution is -2.33. The molecule has 0 saturated heterocycles. The van der Waals surface area contributed by atoms with E-state index < -0.39 is 21.0 Å². The number of anilines is 1. The number of nitrogens with one attached hydrogen (secondary N) is 1. The topological polar surface area (TPSA) is 63.2 Å². The molecule has 2 aromatic rings.